The fourth-order valence-electron chi connectivity index (χ4n) is 2.14. The van der Waals surface area contributed by atoms with E-state index in [0.717, 1.165) is 38.7 Å². The van der Waals surface area contributed by atoms with Crippen LogP contribution in [0.15, 0.2) is 0 Å². The molecule has 3 heteroatoms. The molecule has 0 atom stereocenters. The summed E-state index contributed by atoms with van der Waals surface area (Å²) in [6, 6.07) is 0. The van der Waals surface area contributed by atoms with Gasteiger partial charge in [-0.15, -0.1) is 0 Å². The molecule has 0 amide bonds. The van der Waals surface area contributed by atoms with Gasteiger partial charge in [0.2, 0.25) is 0 Å². The molecule has 0 radical (unpaired) electrons. The van der Waals surface area contributed by atoms with Crippen LogP contribution in [-0.4, -0.2) is 24.3 Å². The lowest BCUT2D eigenvalue weighted by molar-refractivity contribution is -0.149. The number of rotatable bonds is 6. The second-order valence-corrected chi connectivity index (χ2v) is 4.15. The quantitative estimate of drug-likeness (QED) is 0.670. The summed E-state index contributed by atoms with van der Waals surface area (Å²) in [5.41, 5.74) is -0.465. The summed E-state index contributed by atoms with van der Waals surface area (Å²) in [6.45, 7) is 3.40. The molecule has 0 aromatic heterocycles. The molecule has 0 saturated heterocycles. The Balaban J connectivity index is 2.33. The molecule has 0 aromatic rings. The predicted octanol–water partition coefficient (Wildman–Crippen LogP) is 2.45. The highest BCUT2D eigenvalue weighted by atomic mass is 16.5. The van der Waals surface area contributed by atoms with Gasteiger partial charge in [-0.25, -0.2) is 0 Å². The third kappa shape index (κ3) is 2.71. The zero-order valence-corrected chi connectivity index (χ0v) is 8.92. The van der Waals surface area contributed by atoms with Crippen LogP contribution < -0.4 is 0 Å². The van der Waals surface area contributed by atoms with Crippen LogP contribution in [0, 0.1) is 5.41 Å². The van der Waals surface area contributed by atoms with Gasteiger partial charge < -0.3 is 9.84 Å². The monoisotopic (exact) mass is 200 g/mol. The van der Waals surface area contributed by atoms with E-state index in [1.54, 1.807) is 0 Å². The van der Waals surface area contributed by atoms with Crippen molar-refractivity contribution >= 4 is 5.97 Å². The van der Waals surface area contributed by atoms with Gasteiger partial charge in [0.05, 0.1) is 5.41 Å². The van der Waals surface area contributed by atoms with Gasteiger partial charge in [-0.1, -0.05) is 19.8 Å². The summed E-state index contributed by atoms with van der Waals surface area (Å²) in [5.74, 6) is -0.630. The Hall–Kier alpha value is -0.570. The summed E-state index contributed by atoms with van der Waals surface area (Å²) in [7, 11) is 0. The Morgan fingerprint density at radius 1 is 1.36 bits per heavy atom. The molecule has 1 N–H and O–H groups in total. The lowest BCUT2D eigenvalue weighted by Crippen LogP contribution is -2.29. The molecule has 0 bridgehead atoms. The first-order valence-corrected chi connectivity index (χ1v) is 5.52. The minimum absolute atomic E-state index is 0.465. The van der Waals surface area contributed by atoms with Crippen molar-refractivity contribution in [3.63, 3.8) is 0 Å². The smallest absolute Gasteiger partial charge is 0.309 e. The van der Waals surface area contributed by atoms with Gasteiger partial charge in [-0.2, -0.15) is 0 Å². The first-order chi connectivity index (χ1) is 6.71. The van der Waals surface area contributed by atoms with Crippen molar-refractivity contribution in [1.29, 1.82) is 0 Å². The Morgan fingerprint density at radius 3 is 2.50 bits per heavy atom. The molecular weight excluding hydrogens is 180 g/mol. The highest BCUT2D eigenvalue weighted by molar-refractivity contribution is 5.74. The summed E-state index contributed by atoms with van der Waals surface area (Å²) in [4.78, 5) is 11.1. The topological polar surface area (TPSA) is 46.5 Å². The van der Waals surface area contributed by atoms with E-state index in [4.69, 9.17) is 9.84 Å². The molecule has 1 aliphatic carbocycles. The van der Waals surface area contributed by atoms with Crippen molar-refractivity contribution in [3.05, 3.63) is 0 Å². The van der Waals surface area contributed by atoms with Crippen LogP contribution in [0.1, 0.15) is 45.4 Å². The van der Waals surface area contributed by atoms with Crippen LogP contribution in [0.3, 0.4) is 0 Å². The molecule has 82 valence electrons. The fraction of sp³-hybridized carbons (Fsp3) is 0.909. The van der Waals surface area contributed by atoms with Crippen molar-refractivity contribution in [1.82, 2.24) is 0 Å². The van der Waals surface area contributed by atoms with Gasteiger partial charge >= 0.3 is 5.97 Å². The Labute approximate surface area is 85.5 Å². The van der Waals surface area contributed by atoms with Crippen molar-refractivity contribution in [2.75, 3.05) is 13.2 Å². The van der Waals surface area contributed by atoms with Gasteiger partial charge in [0.25, 0.3) is 0 Å². The molecular formula is C11H20O3. The average Bonchev–Trinajstić information content (AvgIpc) is 2.62. The maximum absolute atomic E-state index is 11.1. The van der Waals surface area contributed by atoms with Gasteiger partial charge in [-0.3, -0.25) is 4.79 Å². The molecule has 3 nitrogen and oxygen atoms in total. The minimum atomic E-state index is -0.630. The minimum Gasteiger partial charge on any atom is -0.481 e. The van der Waals surface area contributed by atoms with Gasteiger partial charge in [0.15, 0.2) is 0 Å². The Morgan fingerprint density at radius 2 is 2.00 bits per heavy atom. The zero-order valence-electron chi connectivity index (χ0n) is 8.92. The van der Waals surface area contributed by atoms with E-state index in [1.807, 2.05) is 0 Å². The number of hydrogen-bond acceptors (Lipinski definition) is 2. The van der Waals surface area contributed by atoms with Gasteiger partial charge in [0, 0.05) is 13.2 Å². The maximum Gasteiger partial charge on any atom is 0.309 e. The van der Waals surface area contributed by atoms with Gasteiger partial charge in [-0.05, 0) is 25.7 Å². The van der Waals surface area contributed by atoms with Crippen molar-refractivity contribution < 1.29 is 14.6 Å². The van der Waals surface area contributed by atoms with E-state index in [9.17, 15) is 4.79 Å². The highest BCUT2D eigenvalue weighted by Crippen LogP contribution is 2.41. The van der Waals surface area contributed by atoms with Crippen molar-refractivity contribution in [2.45, 2.75) is 45.4 Å². The lowest BCUT2D eigenvalue weighted by atomic mass is 9.83. The third-order valence-corrected chi connectivity index (χ3v) is 3.09. The predicted molar refractivity (Wildman–Crippen MR) is 54.3 cm³/mol. The molecule has 0 spiro atoms. The largest absolute Gasteiger partial charge is 0.481 e. The van der Waals surface area contributed by atoms with Crippen LogP contribution >= 0.6 is 0 Å². The number of carbonyl (C=O) groups is 1. The molecule has 1 aliphatic rings. The van der Waals surface area contributed by atoms with E-state index in [1.165, 1.54) is 0 Å². The van der Waals surface area contributed by atoms with Gasteiger partial charge in [0.1, 0.15) is 0 Å². The number of ether oxygens (including phenoxy) is 1. The van der Waals surface area contributed by atoms with Crippen LogP contribution in [0.2, 0.25) is 0 Å². The van der Waals surface area contributed by atoms with Crippen LogP contribution in [0.5, 0.6) is 0 Å². The van der Waals surface area contributed by atoms with Crippen LogP contribution in [0.25, 0.3) is 0 Å². The third-order valence-electron chi connectivity index (χ3n) is 3.09. The second-order valence-electron chi connectivity index (χ2n) is 4.15. The molecule has 0 heterocycles. The molecule has 0 unspecified atom stereocenters. The highest BCUT2D eigenvalue weighted by Gasteiger charge is 2.40. The number of carboxylic acid groups (broad SMARTS) is 1. The Kier molecular flexibility index (Phi) is 4.39. The number of carboxylic acids is 1. The Bertz CT molecular complexity index is 183. The fourth-order valence-corrected chi connectivity index (χ4v) is 2.14. The van der Waals surface area contributed by atoms with Crippen LogP contribution in [-0.2, 0) is 9.53 Å². The molecule has 14 heavy (non-hydrogen) atoms. The second kappa shape index (κ2) is 5.35. The van der Waals surface area contributed by atoms with E-state index in [2.05, 4.69) is 6.92 Å². The normalized spacial score (nSPS) is 19.8. The summed E-state index contributed by atoms with van der Waals surface area (Å²) in [5, 5.41) is 9.16. The maximum atomic E-state index is 11.1. The van der Waals surface area contributed by atoms with E-state index >= 15 is 0 Å². The summed E-state index contributed by atoms with van der Waals surface area (Å²) in [6.07, 6.45) is 5.46. The van der Waals surface area contributed by atoms with Crippen molar-refractivity contribution in [2.24, 2.45) is 5.41 Å². The molecule has 1 rings (SSSR count). The summed E-state index contributed by atoms with van der Waals surface area (Å²) >= 11 is 0. The SMILES string of the molecule is CCCOCCC1(C(=O)O)CCCC1. The first-order valence-electron chi connectivity index (χ1n) is 5.52. The first kappa shape index (κ1) is 11.5. The molecule has 0 aliphatic heterocycles. The molecule has 0 aromatic carbocycles. The standard InChI is InChI=1S/C11H20O3/c1-2-8-14-9-7-11(10(12)13)5-3-4-6-11/h2-9H2,1H3,(H,12,13). The zero-order chi connectivity index (χ0) is 10.4. The van der Waals surface area contributed by atoms with E-state index in [-0.39, 0.29) is 0 Å². The summed E-state index contributed by atoms with van der Waals surface area (Å²) < 4.78 is 5.36. The van der Waals surface area contributed by atoms with E-state index in [0.29, 0.717) is 13.0 Å². The van der Waals surface area contributed by atoms with Crippen molar-refractivity contribution in [3.8, 4) is 0 Å². The number of hydrogen-bond donors (Lipinski definition) is 1. The molecule has 1 fully saturated rings. The van der Waals surface area contributed by atoms with Crippen LogP contribution in [0.4, 0.5) is 0 Å². The van der Waals surface area contributed by atoms with E-state index < -0.39 is 11.4 Å². The lowest BCUT2D eigenvalue weighted by Gasteiger charge is -2.23. The average molecular weight is 200 g/mol. The number of aliphatic carboxylic acids is 1. The molecule has 1 saturated carbocycles.